The molecule has 5 nitrogen and oxygen atoms in total. The van der Waals surface area contributed by atoms with Crippen LogP contribution in [-0.2, 0) is 0 Å². The van der Waals surface area contributed by atoms with E-state index in [2.05, 4.69) is 4.90 Å². The van der Waals surface area contributed by atoms with E-state index in [0.29, 0.717) is 0 Å². The molecule has 1 heterocycles. The highest BCUT2D eigenvalue weighted by molar-refractivity contribution is 4.69. The predicted octanol–water partition coefficient (Wildman–Crippen LogP) is -0.143. The van der Waals surface area contributed by atoms with E-state index in [0.717, 1.165) is 26.2 Å². The molecule has 0 saturated carbocycles. The Hall–Kier alpha value is -0.680. The van der Waals surface area contributed by atoms with Crippen molar-refractivity contribution in [3.05, 3.63) is 10.1 Å². The molecule has 0 N–H and O–H groups in total. The molecule has 1 unspecified atom stereocenters. The predicted molar refractivity (Wildman–Crippen MR) is 45.5 cm³/mol. The Morgan fingerprint density at radius 1 is 1.33 bits per heavy atom. The molecule has 1 aliphatic heterocycles. The Kier molecular flexibility index (Phi) is 2.99. The molecule has 1 atom stereocenters. The van der Waals surface area contributed by atoms with E-state index in [9.17, 15) is 10.1 Å². The van der Waals surface area contributed by atoms with Crippen LogP contribution in [0.5, 0.6) is 0 Å². The van der Waals surface area contributed by atoms with Gasteiger partial charge in [0.25, 0.3) is 6.17 Å². The molecular weight excluding hydrogens is 158 g/mol. The highest BCUT2D eigenvalue weighted by atomic mass is 16.6. The quantitative estimate of drug-likeness (QED) is 0.430. The smallest absolute Gasteiger partial charge is 0.265 e. The summed E-state index contributed by atoms with van der Waals surface area (Å²) in [5.74, 6) is 0. The molecule has 5 heteroatoms. The molecule has 1 fully saturated rings. The molecule has 1 rings (SSSR count). The fourth-order valence-corrected chi connectivity index (χ4v) is 1.33. The van der Waals surface area contributed by atoms with Crippen LogP contribution in [0.3, 0.4) is 0 Å². The summed E-state index contributed by atoms with van der Waals surface area (Å²) in [5.41, 5.74) is 0. The van der Waals surface area contributed by atoms with Gasteiger partial charge in [-0.2, -0.15) is 0 Å². The number of piperazine rings is 1. The van der Waals surface area contributed by atoms with Crippen molar-refractivity contribution in [3.8, 4) is 0 Å². The summed E-state index contributed by atoms with van der Waals surface area (Å²) in [6.45, 7) is 5.11. The zero-order valence-electron chi connectivity index (χ0n) is 7.56. The molecule has 0 aromatic rings. The maximum absolute atomic E-state index is 10.4. The Bertz CT molecular complexity index is 166. The van der Waals surface area contributed by atoms with Crippen LogP contribution in [0.2, 0.25) is 0 Å². The maximum Gasteiger partial charge on any atom is 0.265 e. The van der Waals surface area contributed by atoms with Crippen LogP contribution in [0.1, 0.15) is 6.92 Å². The molecule has 0 aromatic heterocycles. The van der Waals surface area contributed by atoms with Gasteiger partial charge in [0.15, 0.2) is 0 Å². The van der Waals surface area contributed by atoms with Crippen molar-refractivity contribution < 1.29 is 4.92 Å². The zero-order valence-corrected chi connectivity index (χ0v) is 7.56. The minimum absolute atomic E-state index is 0.231. The molecule has 0 spiro atoms. The van der Waals surface area contributed by atoms with Crippen molar-refractivity contribution in [2.24, 2.45) is 0 Å². The summed E-state index contributed by atoms with van der Waals surface area (Å²) in [6, 6.07) is 0. The molecule has 1 aliphatic rings. The molecular formula is C7H15N3O2. The SMILES string of the molecule is CC(N1CCN(C)CC1)[N+](=O)[O-]. The lowest BCUT2D eigenvalue weighted by Gasteiger charge is -2.32. The third kappa shape index (κ3) is 2.15. The number of likely N-dealkylation sites (N-methyl/N-ethyl adjacent to an activating group) is 1. The second-order valence-corrected chi connectivity index (χ2v) is 3.26. The summed E-state index contributed by atoms with van der Waals surface area (Å²) in [7, 11) is 2.04. The molecule has 12 heavy (non-hydrogen) atoms. The molecule has 0 radical (unpaired) electrons. The van der Waals surface area contributed by atoms with Gasteiger partial charge >= 0.3 is 0 Å². The summed E-state index contributed by atoms with van der Waals surface area (Å²) in [6.07, 6.45) is -0.529. The fraction of sp³-hybridized carbons (Fsp3) is 1.00. The first-order valence-electron chi connectivity index (χ1n) is 4.17. The van der Waals surface area contributed by atoms with Gasteiger partial charge in [-0.15, -0.1) is 0 Å². The molecule has 1 saturated heterocycles. The van der Waals surface area contributed by atoms with Crippen LogP contribution >= 0.6 is 0 Å². The largest absolute Gasteiger partial charge is 0.304 e. The average Bonchev–Trinajstić information content (AvgIpc) is 2.04. The van der Waals surface area contributed by atoms with Gasteiger partial charge in [0.05, 0.1) is 0 Å². The van der Waals surface area contributed by atoms with Crippen LogP contribution in [0.4, 0.5) is 0 Å². The lowest BCUT2D eigenvalue weighted by molar-refractivity contribution is -0.546. The van der Waals surface area contributed by atoms with Crippen LogP contribution in [0.25, 0.3) is 0 Å². The number of rotatable bonds is 2. The normalized spacial score (nSPS) is 23.8. The van der Waals surface area contributed by atoms with Crippen molar-refractivity contribution in [1.29, 1.82) is 0 Å². The first-order valence-corrected chi connectivity index (χ1v) is 4.17. The number of hydrogen-bond donors (Lipinski definition) is 0. The van der Waals surface area contributed by atoms with E-state index in [1.807, 2.05) is 11.9 Å². The lowest BCUT2D eigenvalue weighted by atomic mass is 10.3. The third-order valence-corrected chi connectivity index (χ3v) is 2.37. The van der Waals surface area contributed by atoms with Gasteiger partial charge in [-0.1, -0.05) is 0 Å². The number of nitrogens with zero attached hydrogens (tertiary/aromatic N) is 3. The Morgan fingerprint density at radius 2 is 1.83 bits per heavy atom. The molecule has 0 aromatic carbocycles. The van der Waals surface area contributed by atoms with Crippen molar-refractivity contribution in [1.82, 2.24) is 9.80 Å². The summed E-state index contributed by atoms with van der Waals surface area (Å²) in [4.78, 5) is 14.3. The van der Waals surface area contributed by atoms with Gasteiger partial charge in [0.1, 0.15) is 0 Å². The van der Waals surface area contributed by atoms with Crippen molar-refractivity contribution in [2.75, 3.05) is 33.2 Å². The van der Waals surface area contributed by atoms with Crippen LogP contribution < -0.4 is 0 Å². The Morgan fingerprint density at radius 3 is 2.25 bits per heavy atom. The third-order valence-electron chi connectivity index (χ3n) is 2.37. The standard InChI is InChI=1S/C7H15N3O2/c1-7(10(11)12)9-5-3-8(2)4-6-9/h7H,3-6H2,1-2H3. The first-order chi connectivity index (χ1) is 5.61. The minimum atomic E-state index is -0.529. The van der Waals surface area contributed by atoms with Crippen molar-refractivity contribution >= 4 is 0 Å². The van der Waals surface area contributed by atoms with Gasteiger partial charge in [-0.3, -0.25) is 10.1 Å². The van der Waals surface area contributed by atoms with Crippen molar-refractivity contribution in [2.45, 2.75) is 13.1 Å². The monoisotopic (exact) mass is 173 g/mol. The van der Waals surface area contributed by atoms with E-state index in [1.54, 1.807) is 6.92 Å². The first kappa shape index (κ1) is 9.41. The summed E-state index contributed by atoms with van der Waals surface area (Å²) >= 11 is 0. The molecule has 70 valence electrons. The van der Waals surface area contributed by atoms with E-state index in [4.69, 9.17) is 0 Å². The molecule has 0 bridgehead atoms. The van der Waals surface area contributed by atoms with Gasteiger partial charge in [-0.05, 0) is 7.05 Å². The molecule has 0 aliphatic carbocycles. The highest BCUT2D eigenvalue weighted by Crippen LogP contribution is 2.04. The van der Waals surface area contributed by atoms with Crippen molar-refractivity contribution in [3.63, 3.8) is 0 Å². The van der Waals surface area contributed by atoms with E-state index >= 15 is 0 Å². The number of hydrogen-bond acceptors (Lipinski definition) is 4. The van der Waals surface area contributed by atoms with E-state index in [1.165, 1.54) is 0 Å². The van der Waals surface area contributed by atoms with Gasteiger partial charge in [0.2, 0.25) is 0 Å². The topological polar surface area (TPSA) is 49.6 Å². The fourth-order valence-electron chi connectivity index (χ4n) is 1.33. The van der Waals surface area contributed by atoms with Crippen LogP contribution in [0.15, 0.2) is 0 Å². The average molecular weight is 173 g/mol. The van der Waals surface area contributed by atoms with Gasteiger partial charge in [-0.25, -0.2) is 4.90 Å². The maximum atomic E-state index is 10.4. The van der Waals surface area contributed by atoms with Crippen LogP contribution in [-0.4, -0.2) is 54.1 Å². The van der Waals surface area contributed by atoms with Crippen LogP contribution in [0, 0.1) is 10.1 Å². The Labute approximate surface area is 72.1 Å². The lowest BCUT2D eigenvalue weighted by Crippen LogP contribution is -2.50. The highest BCUT2D eigenvalue weighted by Gasteiger charge is 2.25. The second-order valence-electron chi connectivity index (χ2n) is 3.26. The summed E-state index contributed by atoms with van der Waals surface area (Å²) < 4.78 is 0. The Balaban J connectivity index is 2.39. The van der Waals surface area contributed by atoms with E-state index in [-0.39, 0.29) is 4.92 Å². The van der Waals surface area contributed by atoms with Gasteiger partial charge in [0, 0.05) is 38.0 Å². The minimum Gasteiger partial charge on any atom is -0.304 e. The summed E-state index contributed by atoms with van der Waals surface area (Å²) in [5, 5.41) is 10.4. The van der Waals surface area contributed by atoms with E-state index < -0.39 is 6.17 Å². The second kappa shape index (κ2) is 3.82. The molecule has 0 amide bonds. The van der Waals surface area contributed by atoms with Gasteiger partial charge < -0.3 is 4.90 Å². The number of nitro groups is 1. The zero-order chi connectivity index (χ0) is 9.14.